The molecule has 0 saturated heterocycles. The number of anilines is 1. The molecule has 1 atom stereocenters. The third-order valence-electron chi connectivity index (χ3n) is 2.04. The smallest absolute Gasteiger partial charge is 0.267 e. The molecule has 4 nitrogen and oxygen atoms in total. The molecule has 1 aliphatic heterocycles. The average molecular weight is 230 g/mol. The zero-order valence-electron chi connectivity index (χ0n) is 7.79. The van der Waals surface area contributed by atoms with Crippen LogP contribution in [0.4, 0.5) is 5.00 Å². The summed E-state index contributed by atoms with van der Waals surface area (Å²) < 4.78 is 16.2. The predicted octanol–water partition coefficient (Wildman–Crippen LogP) is 1.61. The molecule has 0 fully saturated rings. The van der Waals surface area contributed by atoms with E-state index in [1.165, 1.54) is 11.3 Å². The molecule has 0 saturated carbocycles. The van der Waals surface area contributed by atoms with Gasteiger partial charge < -0.3 is 0 Å². The molecule has 0 aliphatic carbocycles. The first kappa shape index (κ1) is 9.67. The second-order valence-electron chi connectivity index (χ2n) is 3.35. The summed E-state index contributed by atoms with van der Waals surface area (Å²) in [5.74, 6) is 0.0520. The molecule has 0 bridgehead atoms. The van der Waals surface area contributed by atoms with Crippen molar-refractivity contribution in [3.63, 3.8) is 0 Å². The van der Waals surface area contributed by atoms with Crippen molar-refractivity contribution < 1.29 is 9.00 Å². The SMILES string of the molecule is CC(C)c1csc2c1C(=O)N[S@](=O)N2. The second kappa shape index (κ2) is 3.36. The number of carbonyl (C=O) groups excluding carboxylic acids is 1. The molecule has 14 heavy (non-hydrogen) atoms. The summed E-state index contributed by atoms with van der Waals surface area (Å²) in [6.45, 7) is 4.06. The van der Waals surface area contributed by atoms with E-state index < -0.39 is 11.2 Å². The molecule has 76 valence electrons. The summed E-state index contributed by atoms with van der Waals surface area (Å²) in [5.41, 5.74) is 1.65. The molecule has 2 heterocycles. The Morgan fingerprint density at radius 3 is 2.79 bits per heavy atom. The van der Waals surface area contributed by atoms with Crippen molar-refractivity contribution in [2.24, 2.45) is 0 Å². The minimum absolute atomic E-state index is 0.248. The van der Waals surface area contributed by atoms with Gasteiger partial charge in [-0.25, -0.2) is 4.21 Å². The van der Waals surface area contributed by atoms with Crippen molar-refractivity contribution in [1.29, 1.82) is 0 Å². The summed E-state index contributed by atoms with van der Waals surface area (Å²) in [7, 11) is 0. The molecule has 0 unspecified atom stereocenters. The van der Waals surface area contributed by atoms with E-state index in [0.29, 0.717) is 16.5 Å². The standard InChI is InChI=1S/C8H10N2O2S2/c1-4(2)5-3-13-8-6(5)7(11)9-14(12)10-8/h3-4,10H,1-2H3,(H,9,11)/t14-/m0/s1. The number of fused-ring (bicyclic) bond motifs is 1. The maximum atomic E-state index is 11.5. The van der Waals surface area contributed by atoms with Crippen molar-refractivity contribution in [3.05, 3.63) is 16.5 Å². The van der Waals surface area contributed by atoms with E-state index in [9.17, 15) is 9.00 Å². The van der Waals surface area contributed by atoms with Crippen molar-refractivity contribution in [2.75, 3.05) is 4.72 Å². The van der Waals surface area contributed by atoms with E-state index in [0.717, 1.165) is 5.56 Å². The van der Waals surface area contributed by atoms with Gasteiger partial charge in [0.1, 0.15) is 5.00 Å². The topological polar surface area (TPSA) is 58.2 Å². The highest BCUT2D eigenvalue weighted by Gasteiger charge is 2.26. The molecule has 1 aliphatic rings. The molecule has 0 spiro atoms. The summed E-state index contributed by atoms with van der Waals surface area (Å²) >= 11 is -0.0479. The maximum absolute atomic E-state index is 11.5. The van der Waals surface area contributed by atoms with Gasteiger partial charge in [-0.1, -0.05) is 13.8 Å². The molecular weight excluding hydrogens is 220 g/mol. The fraction of sp³-hybridized carbons (Fsp3) is 0.375. The largest absolute Gasteiger partial charge is 0.278 e. The fourth-order valence-corrected chi connectivity index (χ4v) is 3.33. The van der Waals surface area contributed by atoms with Gasteiger partial charge in [0.05, 0.1) is 5.56 Å². The molecule has 1 aromatic rings. The van der Waals surface area contributed by atoms with Crippen LogP contribution in [0, 0.1) is 0 Å². The summed E-state index contributed by atoms with van der Waals surface area (Å²) in [6, 6.07) is 0. The van der Waals surface area contributed by atoms with Gasteiger partial charge in [0, 0.05) is 0 Å². The Bertz CT molecular complexity index is 411. The van der Waals surface area contributed by atoms with Crippen molar-refractivity contribution in [2.45, 2.75) is 19.8 Å². The first-order chi connectivity index (χ1) is 6.59. The van der Waals surface area contributed by atoms with Crippen LogP contribution in [0.15, 0.2) is 5.38 Å². The van der Waals surface area contributed by atoms with Crippen LogP contribution in [-0.4, -0.2) is 10.1 Å². The Kier molecular flexibility index (Phi) is 2.32. The minimum atomic E-state index is -1.47. The number of rotatable bonds is 1. The lowest BCUT2D eigenvalue weighted by Gasteiger charge is -2.15. The van der Waals surface area contributed by atoms with Crippen molar-refractivity contribution >= 4 is 33.4 Å². The molecule has 1 amide bonds. The van der Waals surface area contributed by atoms with Crippen LogP contribution in [0.25, 0.3) is 0 Å². The van der Waals surface area contributed by atoms with E-state index in [-0.39, 0.29) is 5.91 Å². The Morgan fingerprint density at radius 1 is 1.43 bits per heavy atom. The van der Waals surface area contributed by atoms with Crippen LogP contribution in [-0.2, 0) is 11.2 Å². The third-order valence-corrected chi connectivity index (χ3v) is 3.84. The van der Waals surface area contributed by atoms with E-state index in [4.69, 9.17) is 0 Å². The molecule has 2 rings (SSSR count). The number of hydrogen-bond acceptors (Lipinski definition) is 3. The lowest BCUT2D eigenvalue weighted by Crippen LogP contribution is -2.35. The average Bonchev–Trinajstić information content (AvgIpc) is 2.47. The van der Waals surface area contributed by atoms with Gasteiger partial charge in [0.25, 0.3) is 5.91 Å². The summed E-state index contributed by atoms with van der Waals surface area (Å²) in [4.78, 5) is 11.5. The zero-order chi connectivity index (χ0) is 10.3. The Morgan fingerprint density at radius 2 is 2.14 bits per heavy atom. The van der Waals surface area contributed by atoms with Crippen LogP contribution in [0.5, 0.6) is 0 Å². The van der Waals surface area contributed by atoms with Crippen molar-refractivity contribution in [3.8, 4) is 0 Å². The number of hydrogen-bond donors (Lipinski definition) is 2. The van der Waals surface area contributed by atoms with Crippen molar-refractivity contribution in [1.82, 2.24) is 4.72 Å². The Balaban J connectivity index is 2.52. The van der Waals surface area contributed by atoms with Crippen LogP contribution in [0.1, 0.15) is 35.7 Å². The first-order valence-corrected chi connectivity index (χ1v) is 6.23. The highest BCUT2D eigenvalue weighted by Crippen LogP contribution is 2.34. The number of nitrogens with one attached hydrogen (secondary N) is 2. The quantitative estimate of drug-likeness (QED) is 0.770. The van der Waals surface area contributed by atoms with Gasteiger partial charge in [0.15, 0.2) is 0 Å². The van der Waals surface area contributed by atoms with Crippen LogP contribution < -0.4 is 9.44 Å². The van der Waals surface area contributed by atoms with Crippen LogP contribution in [0.2, 0.25) is 0 Å². The number of carbonyl (C=O) groups is 1. The van der Waals surface area contributed by atoms with Gasteiger partial charge in [-0.2, -0.15) is 0 Å². The minimum Gasteiger partial charge on any atom is -0.278 e. The van der Waals surface area contributed by atoms with E-state index >= 15 is 0 Å². The predicted molar refractivity (Wildman–Crippen MR) is 57.6 cm³/mol. The van der Waals surface area contributed by atoms with Gasteiger partial charge in [-0.05, 0) is 16.9 Å². The monoisotopic (exact) mass is 230 g/mol. The molecule has 0 radical (unpaired) electrons. The summed E-state index contributed by atoms with van der Waals surface area (Å²) in [5, 5.41) is 2.64. The lowest BCUT2D eigenvalue weighted by atomic mass is 10.0. The summed E-state index contributed by atoms with van der Waals surface area (Å²) in [6.07, 6.45) is 0. The highest BCUT2D eigenvalue weighted by molar-refractivity contribution is 7.85. The van der Waals surface area contributed by atoms with Gasteiger partial charge >= 0.3 is 0 Å². The Hall–Kier alpha value is -0.880. The van der Waals surface area contributed by atoms with Crippen LogP contribution >= 0.6 is 11.3 Å². The first-order valence-electron chi connectivity index (χ1n) is 4.20. The molecule has 6 heteroatoms. The fourth-order valence-electron chi connectivity index (χ4n) is 1.35. The maximum Gasteiger partial charge on any atom is 0.267 e. The van der Waals surface area contributed by atoms with Gasteiger partial charge in [-0.15, -0.1) is 11.3 Å². The molecular formula is C8H10N2O2S2. The molecule has 1 aromatic heterocycles. The lowest BCUT2D eigenvalue weighted by molar-refractivity contribution is 0.0982. The van der Waals surface area contributed by atoms with E-state index in [1.54, 1.807) is 0 Å². The normalized spacial score (nSPS) is 20.2. The number of amides is 1. The third kappa shape index (κ3) is 1.44. The van der Waals surface area contributed by atoms with Gasteiger partial charge in [-0.3, -0.25) is 14.2 Å². The van der Waals surface area contributed by atoms with E-state index in [2.05, 4.69) is 9.44 Å². The number of thiophene rings is 1. The van der Waals surface area contributed by atoms with Gasteiger partial charge in [0.2, 0.25) is 11.2 Å². The van der Waals surface area contributed by atoms with E-state index in [1.807, 2.05) is 19.2 Å². The Labute approximate surface area is 88.4 Å². The zero-order valence-corrected chi connectivity index (χ0v) is 9.42. The molecule has 0 aromatic carbocycles. The highest BCUT2D eigenvalue weighted by atomic mass is 32.2. The second-order valence-corrected chi connectivity index (χ2v) is 5.18. The van der Waals surface area contributed by atoms with Crippen LogP contribution in [0.3, 0.4) is 0 Å². The molecule has 2 N–H and O–H groups in total.